The molecule has 208 valence electrons. The third-order valence-corrected chi connectivity index (χ3v) is 7.31. The van der Waals surface area contributed by atoms with Gasteiger partial charge in [0.05, 0.1) is 6.33 Å². The number of anilines is 1. The largest absolute Gasteiger partial charge is 0.381 e. The highest BCUT2D eigenvalue weighted by atomic mass is 16.1. The molecule has 0 aliphatic rings. The van der Waals surface area contributed by atoms with E-state index in [0.717, 1.165) is 43.4 Å². The van der Waals surface area contributed by atoms with E-state index in [-0.39, 0.29) is 11.8 Å². The summed E-state index contributed by atoms with van der Waals surface area (Å²) in [6.07, 6.45) is 8.65. The fourth-order valence-corrected chi connectivity index (χ4v) is 4.48. The van der Waals surface area contributed by atoms with Gasteiger partial charge in [0.2, 0.25) is 5.91 Å². The van der Waals surface area contributed by atoms with E-state index in [4.69, 9.17) is 5.73 Å². The summed E-state index contributed by atoms with van der Waals surface area (Å²) in [6.45, 7) is 12.9. The Kier molecular flexibility index (Phi) is 10.7. The van der Waals surface area contributed by atoms with Gasteiger partial charge in [-0.25, -0.2) is 4.98 Å². The van der Waals surface area contributed by atoms with Gasteiger partial charge < -0.3 is 20.5 Å². The summed E-state index contributed by atoms with van der Waals surface area (Å²) in [4.78, 5) is 19.9. The van der Waals surface area contributed by atoms with E-state index in [2.05, 4.69) is 64.8 Å². The number of carbonyl (C=O) groups is 1. The van der Waals surface area contributed by atoms with Crippen molar-refractivity contribution in [1.82, 2.24) is 14.5 Å². The van der Waals surface area contributed by atoms with Crippen LogP contribution in [0.15, 0.2) is 91.5 Å². The van der Waals surface area contributed by atoms with Gasteiger partial charge in [0, 0.05) is 44.0 Å². The number of hydrogen-bond acceptors (Lipinski definition) is 4. The lowest BCUT2D eigenvalue weighted by Gasteiger charge is -2.25. The molecule has 1 amide bonds. The quantitative estimate of drug-likeness (QED) is 0.231. The van der Waals surface area contributed by atoms with Crippen LogP contribution in [0.5, 0.6) is 0 Å². The van der Waals surface area contributed by atoms with Crippen molar-refractivity contribution in [2.24, 2.45) is 11.7 Å². The molecule has 3 aromatic rings. The minimum atomic E-state index is -0.536. The van der Waals surface area contributed by atoms with E-state index in [1.54, 1.807) is 6.33 Å². The van der Waals surface area contributed by atoms with Gasteiger partial charge in [-0.3, -0.25) is 4.79 Å². The lowest BCUT2D eigenvalue weighted by molar-refractivity contribution is -0.120. The molecule has 6 heteroatoms. The molecule has 39 heavy (non-hydrogen) atoms. The van der Waals surface area contributed by atoms with Crippen molar-refractivity contribution in [3.05, 3.63) is 108 Å². The molecule has 0 aliphatic carbocycles. The molecule has 0 fully saturated rings. The number of benzene rings is 2. The number of rotatable bonds is 15. The summed E-state index contributed by atoms with van der Waals surface area (Å²) in [5.74, 6) is 0.296. The molecule has 0 radical (unpaired) electrons. The zero-order valence-corrected chi connectivity index (χ0v) is 24.1. The molecule has 0 bridgehead atoms. The maximum absolute atomic E-state index is 13.4. The number of amides is 1. The second-order valence-corrected chi connectivity index (χ2v) is 11.3. The van der Waals surface area contributed by atoms with Crippen molar-refractivity contribution < 1.29 is 4.79 Å². The van der Waals surface area contributed by atoms with Crippen LogP contribution in [0, 0.1) is 5.92 Å². The van der Waals surface area contributed by atoms with E-state index in [1.807, 2.05) is 56.9 Å². The van der Waals surface area contributed by atoms with E-state index < -0.39 is 5.54 Å². The van der Waals surface area contributed by atoms with Gasteiger partial charge in [0.15, 0.2) is 5.82 Å². The summed E-state index contributed by atoms with van der Waals surface area (Å²) in [5, 5.41) is 3.05. The first-order chi connectivity index (χ1) is 18.5. The Bertz CT molecular complexity index is 1240. The lowest BCUT2D eigenvalue weighted by atomic mass is 9.85. The van der Waals surface area contributed by atoms with Crippen molar-refractivity contribution in [1.29, 1.82) is 0 Å². The topological polar surface area (TPSA) is 76.2 Å². The van der Waals surface area contributed by atoms with Crippen LogP contribution < -0.4 is 11.1 Å². The molecule has 0 saturated carbocycles. The van der Waals surface area contributed by atoms with Gasteiger partial charge in [0.25, 0.3) is 0 Å². The van der Waals surface area contributed by atoms with Crippen LogP contribution in [-0.4, -0.2) is 40.0 Å². The molecule has 0 saturated heterocycles. The SMILES string of the molecule is C=C(CCc1ccccc1Cn1cnc(NC(=O)C(CCCc2ccccc2)CC(=C)C(C)(C)N)c1)N(C)C. The van der Waals surface area contributed by atoms with Crippen LogP contribution in [0.25, 0.3) is 0 Å². The zero-order chi connectivity index (χ0) is 28.4. The molecule has 1 heterocycles. The standard InChI is InChI=1S/C33H45N5O/c1-25(33(3,4)34)21-29(18-12-15-27-13-8-7-9-14-27)32(39)36-31-23-38(24-35-31)22-30-17-11-10-16-28(30)20-19-26(2)37(5)6/h7-11,13-14,16-17,23-24,29H,1-2,12,15,18-22,34H2,3-6H3,(H,36,39). The summed E-state index contributed by atoms with van der Waals surface area (Å²) >= 11 is 0. The average Bonchev–Trinajstić information content (AvgIpc) is 3.33. The number of carbonyl (C=O) groups excluding carboxylic acids is 1. The predicted molar refractivity (Wildman–Crippen MR) is 162 cm³/mol. The molecular weight excluding hydrogens is 482 g/mol. The summed E-state index contributed by atoms with van der Waals surface area (Å²) < 4.78 is 2.02. The van der Waals surface area contributed by atoms with Gasteiger partial charge in [-0.1, -0.05) is 73.3 Å². The van der Waals surface area contributed by atoms with Gasteiger partial charge in [0.1, 0.15) is 0 Å². The number of hydrogen-bond donors (Lipinski definition) is 2. The van der Waals surface area contributed by atoms with Gasteiger partial charge in [-0.15, -0.1) is 0 Å². The van der Waals surface area contributed by atoms with Gasteiger partial charge >= 0.3 is 0 Å². The number of aryl methyl sites for hydroxylation is 2. The molecule has 1 aromatic heterocycles. The second kappa shape index (κ2) is 13.9. The maximum Gasteiger partial charge on any atom is 0.229 e. The second-order valence-electron chi connectivity index (χ2n) is 11.3. The molecule has 6 nitrogen and oxygen atoms in total. The Balaban J connectivity index is 1.64. The number of allylic oxidation sites excluding steroid dienone is 1. The Hall–Kier alpha value is -3.64. The van der Waals surface area contributed by atoms with Gasteiger partial charge in [-0.05, 0) is 69.1 Å². The first-order valence-electron chi connectivity index (χ1n) is 13.8. The van der Waals surface area contributed by atoms with Crippen molar-refractivity contribution in [3.8, 4) is 0 Å². The molecule has 0 aliphatic heterocycles. The maximum atomic E-state index is 13.4. The molecule has 3 N–H and O–H groups in total. The normalized spacial score (nSPS) is 12.1. The predicted octanol–water partition coefficient (Wildman–Crippen LogP) is 6.20. The van der Waals surface area contributed by atoms with Crippen LogP contribution in [0.3, 0.4) is 0 Å². The molecule has 1 unspecified atom stereocenters. The van der Waals surface area contributed by atoms with Crippen molar-refractivity contribution >= 4 is 11.7 Å². The van der Waals surface area contributed by atoms with Gasteiger partial charge in [-0.2, -0.15) is 0 Å². The minimum Gasteiger partial charge on any atom is -0.381 e. The Morgan fingerprint density at radius 2 is 1.72 bits per heavy atom. The van der Waals surface area contributed by atoms with E-state index in [9.17, 15) is 4.79 Å². The Labute approximate surface area is 234 Å². The fraction of sp³-hybridized carbons (Fsp3) is 0.394. The molecular formula is C33H45N5O. The van der Waals surface area contributed by atoms with Crippen LogP contribution in [-0.2, 0) is 24.2 Å². The third kappa shape index (κ3) is 9.56. The average molecular weight is 528 g/mol. The first kappa shape index (κ1) is 29.9. The van der Waals surface area contributed by atoms with E-state index in [0.29, 0.717) is 18.8 Å². The highest BCUT2D eigenvalue weighted by Crippen LogP contribution is 2.25. The molecule has 3 rings (SSSR count). The highest BCUT2D eigenvalue weighted by molar-refractivity contribution is 5.91. The fourth-order valence-electron chi connectivity index (χ4n) is 4.48. The van der Waals surface area contributed by atoms with Crippen LogP contribution in [0.4, 0.5) is 5.82 Å². The number of aromatic nitrogens is 2. The number of imidazole rings is 1. The van der Waals surface area contributed by atoms with Crippen molar-refractivity contribution in [2.45, 2.75) is 64.5 Å². The minimum absolute atomic E-state index is 0.0405. The first-order valence-corrected chi connectivity index (χ1v) is 13.8. The Morgan fingerprint density at radius 1 is 1.05 bits per heavy atom. The Morgan fingerprint density at radius 3 is 2.38 bits per heavy atom. The molecule has 2 aromatic carbocycles. The zero-order valence-electron chi connectivity index (χ0n) is 24.1. The molecule has 1 atom stereocenters. The van der Waals surface area contributed by atoms with Crippen molar-refractivity contribution in [3.63, 3.8) is 0 Å². The summed E-state index contributed by atoms with van der Waals surface area (Å²) in [6, 6.07) is 18.8. The smallest absolute Gasteiger partial charge is 0.229 e. The summed E-state index contributed by atoms with van der Waals surface area (Å²) in [5.41, 5.74) is 11.5. The van der Waals surface area contributed by atoms with Crippen LogP contribution in [0.1, 0.15) is 56.2 Å². The van der Waals surface area contributed by atoms with Crippen LogP contribution in [0.2, 0.25) is 0 Å². The third-order valence-electron chi connectivity index (χ3n) is 7.31. The molecule has 0 spiro atoms. The highest BCUT2D eigenvalue weighted by Gasteiger charge is 2.25. The van der Waals surface area contributed by atoms with E-state index >= 15 is 0 Å². The monoisotopic (exact) mass is 527 g/mol. The number of nitrogens with zero attached hydrogens (tertiary/aromatic N) is 3. The summed E-state index contributed by atoms with van der Waals surface area (Å²) in [7, 11) is 4.05. The van der Waals surface area contributed by atoms with Crippen LogP contribution >= 0.6 is 0 Å². The number of nitrogens with two attached hydrogens (primary N) is 1. The van der Waals surface area contributed by atoms with E-state index in [1.165, 1.54) is 16.7 Å². The van der Waals surface area contributed by atoms with Crippen molar-refractivity contribution in [2.75, 3.05) is 19.4 Å². The number of nitrogens with one attached hydrogen (secondary N) is 1. The lowest BCUT2D eigenvalue weighted by Crippen LogP contribution is -2.36.